The summed E-state index contributed by atoms with van der Waals surface area (Å²) in [6.45, 7) is 3.47. The molecule has 0 aliphatic heterocycles. The van der Waals surface area contributed by atoms with Crippen LogP contribution in [0.15, 0.2) is 6.07 Å². The first kappa shape index (κ1) is 12.3. The Morgan fingerprint density at radius 2 is 2.25 bits per heavy atom. The van der Waals surface area contributed by atoms with Crippen LogP contribution in [0.5, 0.6) is 0 Å². The predicted octanol–water partition coefficient (Wildman–Crippen LogP) is 1.97. The molecule has 0 unspecified atom stereocenters. The number of carbonyl (C=O) groups is 2. The van der Waals surface area contributed by atoms with E-state index in [-0.39, 0.29) is 5.56 Å². The fraction of sp³-hybridized carbons (Fsp3) is 0.273. The van der Waals surface area contributed by atoms with Gasteiger partial charge in [-0.2, -0.15) is 0 Å². The van der Waals surface area contributed by atoms with E-state index in [4.69, 9.17) is 5.11 Å². The predicted molar refractivity (Wildman–Crippen MR) is 62.7 cm³/mol. The highest BCUT2D eigenvalue weighted by molar-refractivity contribution is 7.16. The van der Waals surface area contributed by atoms with Gasteiger partial charge >= 0.3 is 11.9 Å². The van der Waals surface area contributed by atoms with E-state index in [1.54, 1.807) is 13.0 Å². The third-order valence-corrected chi connectivity index (χ3v) is 3.02. The Labute approximate surface area is 97.3 Å². The fourth-order valence-electron chi connectivity index (χ4n) is 1.12. The maximum Gasteiger partial charge on any atom is 0.338 e. The number of amides is 1. The monoisotopic (exact) mass is 237 g/mol. The second-order valence-electron chi connectivity index (χ2n) is 2.94. The Balaban J connectivity index is 3.00. The number of carboxylic acids is 1. The van der Waals surface area contributed by atoms with Crippen molar-refractivity contribution >= 4 is 28.2 Å². The van der Waals surface area contributed by atoms with E-state index in [0.717, 1.165) is 11.3 Å². The van der Waals surface area contributed by atoms with E-state index < -0.39 is 11.9 Å². The van der Waals surface area contributed by atoms with Crippen LogP contribution in [0.4, 0.5) is 5.00 Å². The minimum Gasteiger partial charge on any atom is -0.478 e. The standard InChI is InChI=1S/C11H11NO3S/c1-3-5-9(13)12-10-8(11(14)15)6-7(4-2)16-10/h6H,4H2,1-2H3,(H,12,13)(H,14,15). The summed E-state index contributed by atoms with van der Waals surface area (Å²) >= 11 is 1.26. The third kappa shape index (κ3) is 2.84. The lowest BCUT2D eigenvalue weighted by atomic mass is 10.2. The van der Waals surface area contributed by atoms with Gasteiger partial charge in [0, 0.05) is 4.88 Å². The van der Waals surface area contributed by atoms with Crippen LogP contribution in [0.2, 0.25) is 0 Å². The van der Waals surface area contributed by atoms with E-state index in [9.17, 15) is 9.59 Å². The molecule has 1 aromatic rings. The highest BCUT2D eigenvalue weighted by Crippen LogP contribution is 2.28. The molecule has 2 N–H and O–H groups in total. The average molecular weight is 237 g/mol. The lowest BCUT2D eigenvalue weighted by molar-refractivity contribution is -0.111. The normalized spacial score (nSPS) is 9.12. The Morgan fingerprint density at radius 1 is 1.56 bits per heavy atom. The van der Waals surface area contributed by atoms with Crippen molar-refractivity contribution in [1.29, 1.82) is 0 Å². The summed E-state index contributed by atoms with van der Waals surface area (Å²) in [6, 6.07) is 1.57. The molecular weight excluding hydrogens is 226 g/mol. The van der Waals surface area contributed by atoms with Crippen LogP contribution < -0.4 is 5.32 Å². The summed E-state index contributed by atoms with van der Waals surface area (Å²) in [4.78, 5) is 23.0. The van der Waals surface area contributed by atoms with Crippen molar-refractivity contribution < 1.29 is 14.7 Å². The summed E-state index contributed by atoms with van der Waals surface area (Å²) in [5.41, 5.74) is 0.119. The summed E-state index contributed by atoms with van der Waals surface area (Å²) < 4.78 is 0. The van der Waals surface area contributed by atoms with Gasteiger partial charge in [0.05, 0.1) is 5.56 Å². The van der Waals surface area contributed by atoms with Crippen molar-refractivity contribution in [2.75, 3.05) is 5.32 Å². The summed E-state index contributed by atoms with van der Waals surface area (Å²) in [5.74, 6) is 3.22. The van der Waals surface area contributed by atoms with Gasteiger partial charge in [-0.15, -0.1) is 11.3 Å². The molecule has 1 heterocycles. The zero-order chi connectivity index (χ0) is 12.1. The zero-order valence-electron chi connectivity index (χ0n) is 8.96. The number of aryl methyl sites for hydroxylation is 1. The van der Waals surface area contributed by atoms with E-state index in [1.165, 1.54) is 11.3 Å². The first-order chi connectivity index (χ1) is 7.58. The van der Waals surface area contributed by atoms with Gasteiger partial charge in [-0.25, -0.2) is 4.79 Å². The highest BCUT2D eigenvalue weighted by Gasteiger charge is 2.15. The van der Waals surface area contributed by atoms with Gasteiger partial charge < -0.3 is 10.4 Å². The topological polar surface area (TPSA) is 66.4 Å². The molecule has 16 heavy (non-hydrogen) atoms. The minimum atomic E-state index is -1.05. The molecule has 0 saturated heterocycles. The number of nitrogens with one attached hydrogen (secondary N) is 1. The molecule has 5 heteroatoms. The Morgan fingerprint density at radius 3 is 2.75 bits per heavy atom. The molecular formula is C11H11NO3S. The number of rotatable bonds is 3. The minimum absolute atomic E-state index is 0.119. The van der Waals surface area contributed by atoms with Crippen LogP contribution in [0.3, 0.4) is 0 Å². The molecule has 1 aromatic heterocycles. The molecule has 0 saturated carbocycles. The SMILES string of the molecule is CC#CC(=O)Nc1sc(CC)cc1C(=O)O. The van der Waals surface area contributed by atoms with Crippen LogP contribution in [-0.4, -0.2) is 17.0 Å². The van der Waals surface area contributed by atoms with Crippen LogP contribution in [0.25, 0.3) is 0 Å². The maximum atomic E-state index is 11.2. The van der Waals surface area contributed by atoms with Gasteiger partial charge in [0.15, 0.2) is 0 Å². The molecule has 4 nitrogen and oxygen atoms in total. The summed E-state index contributed by atoms with van der Waals surface area (Å²) in [6.07, 6.45) is 0.736. The number of thiophene rings is 1. The molecule has 0 fully saturated rings. The second kappa shape index (κ2) is 5.33. The first-order valence-corrected chi connectivity index (χ1v) is 5.49. The van der Waals surface area contributed by atoms with Crippen molar-refractivity contribution in [2.45, 2.75) is 20.3 Å². The largest absolute Gasteiger partial charge is 0.478 e. The molecule has 0 aromatic carbocycles. The molecule has 0 bridgehead atoms. The van der Waals surface area contributed by atoms with Gasteiger partial charge in [-0.3, -0.25) is 4.79 Å². The number of hydrogen-bond donors (Lipinski definition) is 2. The van der Waals surface area contributed by atoms with Crippen molar-refractivity contribution in [3.8, 4) is 11.8 Å². The number of hydrogen-bond acceptors (Lipinski definition) is 3. The van der Waals surface area contributed by atoms with Crippen molar-refractivity contribution in [1.82, 2.24) is 0 Å². The highest BCUT2D eigenvalue weighted by atomic mass is 32.1. The number of anilines is 1. The number of carbonyl (C=O) groups excluding carboxylic acids is 1. The maximum absolute atomic E-state index is 11.2. The fourth-order valence-corrected chi connectivity index (χ4v) is 2.10. The molecule has 0 aliphatic carbocycles. The Hall–Kier alpha value is -1.80. The smallest absolute Gasteiger partial charge is 0.338 e. The molecule has 84 valence electrons. The van der Waals surface area contributed by atoms with E-state index in [1.807, 2.05) is 6.92 Å². The molecule has 1 amide bonds. The summed E-state index contributed by atoms with van der Waals surface area (Å²) in [5, 5.41) is 11.8. The van der Waals surface area contributed by atoms with E-state index >= 15 is 0 Å². The van der Waals surface area contributed by atoms with E-state index in [2.05, 4.69) is 17.2 Å². The second-order valence-corrected chi connectivity index (χ2v) is 4.08. The molecule has 0 atom stereocenters. The quantitative estimate of drug-likeness (QED) is 0.790. The summed E-state index contributed by atoms with van der Waals surface area (Å²) in [7, 11) is 0. The Kier molecular flexibility index (Phi) is 4.09. The lowest BCUT2D eigenvalue weighted by Crippen LogP contribution is -2.10. The molecule has 0 radical (unpaired) electrons. The van der Waals surface area contributed by atoms with Crippen molar-refractivity contribution in [3.05, 3.63) is 16.5 Å². The lowest BCUT2D eigenvalue weighted by Gasteiger charge is -1.97. The van der Waals surface area contributed by atoms with Gasteiger partial charge in [0.25, 0.3) is 0 Å². The van der Waals surface area contributed by atoms with Crippen LogP contribution >= 0.6 is 11.3 Å². The van der Waals surface area contributed by atoms with Crippen molar-refractivity contribution in [3.63, 3.8) is 0 Å². The van der Waals surface area contributed by atoms with Gasteiger partial charge in [-0.05, 0) is 25.3 Å². The molecule has 0 aliphatic rings. The van der Waals surface area contributed by atoms with Crippen LogP contribution in [0.1, 0.15) is 29.1 Å². The van der Waals surface area contributed by atoms with Crippen LogP contribution in [-0.2, 0) is 11.2 Å². The Bertz CT molecular complexity index is 479. The average Bonchev–Trinajstić information content (AvgIpc) is 2.61. The van der Waals surface area contributed by atoms with Crippen molar-refractivity contribution in [2.24, 2.45) is 0 Å². The van der Waals surface area contributed by atoms with Gasteiger partial charge in [-0.1, -0.05) is 12.8 Å². The van der Waals surface area contributed by atoms with E-state index in [0.29, 0.717) is 5.00 Å². The van der Waals surface area contributed by atoms with Gasteiger partial charge in [0.2, 0.25) is 0 Å². The number of carboxylic acid groups (broad SMARTS) is 1. The van der Waals surface area contributed by atoms with Gasteiger partial charge in [0.1, 0.15) is 5.00 Å². The van der Waals surface area contributed by atoms with Crippen LogP contribution in [0, 0.1) is 11.8 Å². The number of aromatic carboxylic acids is 1. The molecule has 0 spiro atoms. The molecule has 1 rings (SSSR count). The third-order valence-electron chi connectivity index (χ3n) is 1.83. The zero-order valence-corrected chi connectivity index (χ0v) is 9.77. The first-order valence-electron chi connectivity index (χ1n) is 4.68.